The molecule has 11 nitrogen and oxygen atoms in total. The number of anilines is 1. The Balaban J connectivity index is 1.67. The van der Waals surface area contributed by atoms with Gasteiger partial charge < -0.3 is 33.4 Å². The summed E-state index contributed by atoms with van der Waals surface area (Å²) in [5, 5.41) is 8.26. The van der Waals surface area contributed by atoms with E-state index in [-0.39, 0.29) is 24.2 Å². The van der Waals surface area contributed by atoms with E-state index in [2.05, 4.69) is 44.3 Å². The number of aromatic nitrogens is 3. The molecule has 0 spiro atoms. The smallest absolute Gasteiger partial charge is 0.410 e. The van der Waals surface area contributed by atoms with Crippen LogP contribution in [-0.2, 0) is 13.9 Å². The van der Waals surface area contributed by atoms with Crippen LogP contribution in [0, 0.1) is 20.8 Å². The van der Waals surface area contributed by atoms with Crippen molar-refractivity contribution in [2.24, 2.45) is 0 Å². The average molecular weight is 716 g/mol. The maximum absolute atomic E-state index is 12.9. The van der Waals surface area contributed by atoms with E-state index < -0.39 is 26.1 Å². The highest BCUT2D eigenvalue weighted by molar-refractivity contribution is 6.74. The normalized spacial score (nSPS) is 15.2. The fraction of sp³-hybridized carbons (Fsp3) is 0.611. The first-order valence-electron chi connectivity index (χ1n) is 17.0. The molecule has 1 amide bonds. The van der Waals surface area contributed by atoms with Gasteiger partial charge in [0.25, 0.3) is 0 Å². The predicted octanol–water partition coefficient (Wildman–Crippen LogP) is 8.60. The number of hydrogen-bond acceptors (Lipinski definition) is 10. The number of halogens is 1. The number of nitrogens with one attached hydrogen (secondary N) is 1. The molecule has 1 fully saturated rings. The Morgan fingerprint density at radius 3 is 2.35 bits per heavy atom. The van der Waals surface area contributed by atoms with Crippen LogP contribution in [0.3, 0.4) is 0 Å². The Labute approximate surface area is 297 Å². The number of benzene rings is 1. The van der Waals surface area contributed by atoms with Gasteiger partial charge in [-0.05, 0) is 90.7 Å². The van der Waals surface area contributed by atoms with Crippen LogP contribution < -0.4 is 10.1 Å². The Morgan fingerprint density at radius 2 is 1.76 bits per heavy atom. The molecular formula is C36H54ClN5O6Si. The molecule has 0 aliphatic carbocycles. The van der Waals surface area contributed by atoms with Gasteiger partial charge in [-0.2, -0.15) is 0 Å². The first-order chi connectivity index (χ1) is 22.7. The lowest BCUT2D eigenvalue weighted by atomic mass is 10.0. The van der Waals surface area contributed by atoms with Crippen molar-refractivity contribution in [2.45, 2.75) is 111 Å². The molecule has 0 bridgehead atoms. The van der Waals surface area contributed by atoms with Gasteiger partial charge in [-0.25, -0.2) is 14.8 Å². The van der Waals surface area contributed by atoms with E-state index in [9.17, 15) is 4.79 Å². The first kappa shape index (κ1) is 38.6. The van der Waals surface area contributed by atoms with E-state index in [4.69, 9.17) is 44.7 Å². The van der Waals surface area contributed by atoms with Crippen molar-refractivity contribution >= 4 is 31.8 Å². The largest absolute Gasteiger partial charge is 0.491 e. The van der Waals surface area contributed by atoms with Crippen LogP contribution >= 0.6 is 11.6 Å². The lowest BCUT2D eigenvalue weighted by Crippen LogP contribution is -2.49. The molecule has 4 rings (SSSR count). The zero-order valence-electron chi connectivity index (χ0n) is 31.2. The van der Waals surface area contributed by atoms with Crippen molar-refractivity contribution in [2.75, 3.05) is 38.7 Å². The summed E-state index contributed by atoms with van der Waals surface area (Å²) >= 11 is 6.70. The summed E-state index contributed by atoms with van der Waals surface area (Å²) in [6, 6.07) is 5.69. The molecule has 3 aromatic rings. The summed E-state index contributed by atoms with van der Waals surface area (Å²) in [7, 11) is -0.521. The van der Waals surface area contributed by atoms with Gasteiger partial charge >= 0.3 is 6.09 Å². The lowest BCUT2D eigenvalue weighted by molar-refractivity contribution is 0.0172. The first-order valence-corrected chi connectivity index (χ1v) is 20.2. The van der Waals surface area contributed by atoms with Crippen molar-refractivity contribution in [3.8, 4) is 28.4 Å². The molecule has 2 aromatic heterocycles. The molecule has 1 saturated heterocycles. The standard InChI is InChI=1S/C36H54ClN5O6Si/c1-22-31(30-23(2)41-47-24(30)3)39-33(40-32(22)38-27-13-15-44-16-14-27)25-17-26(37)19-28(18-25)45-21-29(48-49(11,12)36(7,8)9)20-42(10)34(43)46-35(4,5)6/h17-19,27,29H,13-16,20-21H2,1-12H3,(H,38,39,40). The number of ether oxygens (including phenoxy) is 3. The second-order valence-electron chi connectivity index (χ2n) is 15.4. The molecule has 1 atom stereocenters. The number of carbonyl (C=O) groups is 1. The van der Waals surface area contributed by atoms with Gasteiger partial charge in [0.05, 0.1) is 29.6 Å². The number of likely N-dealkylation sites (N-methyl/N-ethyl adjacent to an activating group) is 1. The molecule has 0 saturated carbocycles. The molecule has 3 heterocycles. The molecule has 1 aliphatic heterocycles. The summed E-state index contributed by atoms with van der Waals surface area (Å²) < 4.78 is 29.9. The number of carbonyl (C=O) groups excluding carboxylic acids is 1. The van der Waals surface area contributed by atoms with Crippen LogP contribution in [0.15, 0.2) is 22.7 Å². The van der Waals surface area contributed by atoms with Crippen molar-refractivity contribution in [1.29, 1.82) is 0 Å². The number of amides is 1. The van der Waals surface area contributed by atoms with Crippen LogP contribution in [0.25, 0.3) is 22.6 Å². The number of aryl methyl sites for hydroxylation is 2. The quantitative estimate of drug-likeness (QED) is 0.193. The van der Waals surface area contributed by atoms with Gasteiger partial charge in [0, 0.05) is 42.5 Å². The van der Waals surface area contributed by atoms with Crippen molar-refractivity contribution < 1.29 is 28.0 Å². The minimum Gasteiger partial charge on any atom is -0.491 e. The summed E-state index contributed by atoms with van der Waals surface area (Å²) in [6.07, 6.45) is 0.932. The zero-order valence-corrected chi connectivity index (χ0v) is 33.0. The van der Waals surface area contributed by atoms with E-state index in [1.807, 2.05) is 53.7 Å². The monoisotopic (exact) mass is 715 g/mol. The summed E-state index contributed by atoms with van der Waals surface area (Å²) in [5.74, 6) is 2.44. The molecule has 270 valence electrons. The lowest BCUT2D eigenvalue weighted by Gasteiger charge is -2.40. The van der Waals surface area contributed by atoms with E-state index >= 15 is 0 Å². The van der Waals surface area contributed by atoms with Crippen molar-refractivity contribution in [3.63, 3.8) is 0 Å². The SMILES string of the molecule is Cc1noc(C)c1-c1nc(-c2cc(Cl)cc(OCC(CN(C)C(=O)OC(C)(C)C)O[Si](C)(C)C(C)(C)C)c2)nc(NC2CCOCC2)c1C. The maximum Gasteiger partial charge on any atom is 0.410 e. The summed E-state index contributed by atoms with van der Waals surface area (Å²) in [6.45, 7) is 24.1. The maximum atomic E-state index is 12.9. The fourth-order valence-corrected chi connectivity index (χ4v) is 6.84. The number of rotatable bonds is 11. The molecule has 1 N–H and O–H groups in total. The molecule has 1 aromatic carbocycles. The highest BCUT2D eigenvalue weighted by Crippen LogP contribution is 2.38. The third-order valence-corrected chi connectivity index (χ3v) is 13.7. The van der Waals surface area contributed by atoms with Crippen LogP contribution in [0.1, 0.15) is 71.4 Å². The van der Waals surface area contributed by atoms with Crippen molar-refractivity contribution in [1.82, 2.24) is 20.0 Å². The third kappa shape index (κ3) is 10.2. The number of hydrogen-bond donors (Lipinski definition) is 1. The highest BCUT2D eigenvalue weighted by atomic mass is 35.5. The summed E-state index contributed by atoms with van der Waals surface area (Å²) in [4.78, 5) is 24.5. The molecular weight excluding hydrogens is 662 g/mol. The van der Waals surface area contributed by atoms with Crippen LogP contribution in [0.2, 0.25) is 23.2 Å². The van der Waals surface area contributed by atoms with Crippen LogP contribution in [0.4, 0.5) is 10.6 Å². The van der Waals surface area contributed by atoms with E-state index in [0.717, 1.165) is 41.2 Å². The van der Waals surface area contributed by atoms with Gasteiger partial charge in [-0.3, -0.25) is 0 Å². The van der Waals surface area contributed by atoms with E-state index in [1.165, 1.54) is 0 Å². The highest BCUT2D eigenvalue weighted by Gasteiger charge is 2.40. The zero-order chi connectivity index (χ0) is 36.3. The van der Waals surface area contributed by atoms with Crippen molar-refractivity contribution in [3.05, 3.63) is 40.2 Å². The third-order valence-electron chi connectivity index (χ3n) is 8.99. The number of nitrogens with zero attached hydrogens (tertiary/aromatic N) is 4. The molecule has 13 heteroatoms. The average Bonchev–Trinajstić information content (AvgIpc) is 3.32. The minimum absolute atomic E-state index is 0.0446. The van der Waals surface area contributed by atoms with Crippen LogP contribution in [-0.4, -0.2) is 85.6 Å². The van der Waals surface area contributed by atoms with Gasteiger partial charge in [0.2, 0.25) is 0 Å². The van der Waals surface area contributed by atoms with Crippen LogP contribution in [0.5, 0.6) is 5.75 Å². The second kappa shape index (κ2) is 15.4. The Bertz CT molecular complexity index is 1590. The topological polar surface area (TPSA) is 121 Å². The molecule has 1 unspecified atom stereocenters. The Morgan fingerprint density at radius 1 is 1.08 bits per heavy atom. The minimum atomic E-state index is -2.23. The second-order valence-corrected chi connectivity index (χ2v) is 20.6. The van der Waals surface area contributed by atoms with Gasteiger partial charge in [0.15, 0.2) is 14.1 Å². The predicted molar refractivity (Wildman–Crippen MR) is 196 cm³/mol. The van der Waals surface area contributed by atoms with Gasteiger partial charge in [-0.1, -0.05) is 37.5 Å². The molecule has 49 heavy (non-hydrogen) atoms. The Hall–Kier alpha value is -3.19. The molecule has 1 aliphatic rings. The van der Waals surface area contributed by atoms with E-state index in [1.54, 1.807) is 18.0 Å². The fourth-order valence-electron chi connectivity index (χ4n) is 5.29. The Kier molecular flexibility index (Phi) is 12.1. The van der Waals surface area contributed by atoms with Gasteiger partial charge in [-0.15, -0.1) is 0 Å². The van der Waals surface area contributed by atoms with Gasteiger partial charge in [0.1, 0.15) is 29.5 Å². The van der Waals surface area contributed by atoms with E-state index in [0.29, 0.717) is 41.1 Å². The summed E-state index contributed by atoms with van der Waals surface area (Å²) in [5.41, 5.74) is 3.32. The molecule has 0 radical (unpaired) electrons.